The summed E-state index contributed by atoms with van der Waals surface area (Å²) in [5.41, 5.74) is 0. The summed E-state index contributed by atoms with van der Waals surface area (Å²) in [5, 5.41) is 2.91. The lowest BCUT2D eigenvalue weighted by Gasteiger charge is -2.24. The van der Waals surface area contributed by atoms with Gasteiger partial charge in [-0.05, 0) is 52.7 Å². The third-order valence-electron chi connectivity index (χ3n) is 16.4. The van der Waals surface area contributed by atoms with Crippen molar-refractivity contribution in [3.63, 3.8) is 0 Å². The minimum Gasteiger partial charge on any atom is -0.465 e. The number of carbonyl (C=O) groups is 7. The van der Waals surface area contributed by atoms with Crippen LogP contribution in [0.25, 0.3) is 0 Å². The molecular formula is C72H135N3O13. The molecular weight excluding hydrogens is 1110 g/mol. The maximum absolute atomic E-state index is 13.6. The van der Waals surface area contributed by atoms with Crippen molar-refractivity contribution in [1.29, 1.82) is 0 Å². The lowest BCUT2D eigenvalue weighted by Crippen LogP contribution is -2.44. The van der Waals surface area contributed by atoms with E-state index >= 15 is 0 Å². The fourth-order valence-electron chi connectivity index (χ4n) is 10.6. The quantitative estimate of drug-likeness (QED) is 0.0343. The molecule has 2 amide bonds. The van der Waals surface area contributed by atoms with Gasteiger partial charge in [-0.2, -0.15) is 0 Å². The van der Waals surface area contributed by atoms with Crippen molar-refractivity contribution in [2.75, 3.05) is 79.9 Å². The van der Waals surface area contributed by atoms with Crippen molar-refractivity contribution >= 4 is 41.8 Å². The summed E-state index contributed by atoms with van der Waals surface area (Å²) in [6.07, 6.45) is 47.3. The highest BCUT2D eigenvalue weighted by atomic mass is 16.6. The Morgan fingerprint density at radius 1 is 0.295 bits per heavy atom. The maximum atomic E-state index is 13.6. The van der Waals surface area contributed by atoms with Crippen molar-refractivity contribution in [1.82, 2.24) is 15.1 Å². The van der Waals surface area contributed by atoms with Crippen LogP contribution in [0, 0.1) is 11.8 Å². The summed E-state index contributed by atoms with van der Waals surface area (Å²) < 4.78 is 33.9. The minimum absolute atomic E-state index is 0.0121. The van der Waals surface area contributed by atoms with E-state index in [4.69, 9.17) is 28.4 Å². The molecule has 0 aromatic heterocycles. The standard InChI is InChI=1S/C72H135N3O13/c1-7-11-15-19-23-27-31-35-39-43-48-66(76)85-60-64(61-86-67(77)49-44-40-36-32-28-24-20-16-12-8-2)58-70(80)83-56-54-75(72(82)73-52-47-53-74(5)6)55-57-84-71(81)59-65(62-87-68(78)50-45-41-37-33-29-25-21-17-13-9-3)63-88-69(79)51-46-42-38-34-30-26-22-18-14-10-4/h64-65H,7-63H2,1-6H3,(H,73,82). The third-order valence-corrected chi connectivity index (χ3v) is 16.4. The molecule has 0 aromatic rings. The van der Waals surface area contributed by atoms with Gasteiger partial charge in [-0.15, -0.1) is 0 Å². The highest BCUT2D eigenvalue weighted by Crippen LogP contribution is 2.18. The van der Waals surface area contributed by atoms with Gasteiger partial charge in [0.05, 0.1) is 52.4 Å². The number of carbonyl (C=O) groups excluding carboxylic acids is 7. The molecule has 0 rings (SSSR count). The SMILES string of the molecule is CCCCCCCCCCCCC(=O)OCC(COC(=O)CCCCCCCCCCCC)CC(=O)OCCN(CCOC(=O)CC(COC(=O)CCCCCCCCCCCC)COC(=O)CCCCCCCCCCCC)C(=O)NCCCN(C)C. The van der Waals surface area contributed by atoms with Crippen molar-refractivity contribution < 1.29 is 62.0 Å². The van der Waals surface area contributed by atoms with Gasteiger partial charge < -0.3 is 43.5 Å². The molecule has 0 saturated heterocycles. The fraction of sp³-hybridized carbons (Fsp3) is 0.903. The maximum Gasteiger partial charge on any atom is 0.317 e. The Balaban J connectivity index is 5.62. The fourth-order valence-corrected chi connectivity index (χ4v) is 10.6. The molecule has 0 unspecified atom stereocenters. The number of unbranched alkanes of at least 4 members (excludes halogenated alkanes) is 36. The average molecular weight is 1250 g/mol. The topological polar surface area (TPSA) is 193 Å². The zero-order valence-corrected chi connectivity index (χ0v) is 57.7. The van der Waals surface area contributed by atoms with E-state index in [0.29, 0.717) is 13.0 Å². The molecule has 0 aliphatic rings. The number of nitrogens with zero attached hydrogens (tertiary/aromatic N) is 2. The van der Waals surface area contributed by atoms with Crippen LogP contribution in [0.5, 0.6) is 0 Å². The van der Waals surface area contributed by atoms with E-state index < -0.39 is 29.8 Å². The van der Waals surface area contributed by atoms with Crippen LogP contribution in [0.1, 0.15) is 329 Å². The zero-order valence-electron chi connectivity index (χ0n) is 57.7. The molecule has 0 bridgehead atoms. The van der Waals surface area contributed by atoms with Crippen LogP contribution < -0.4 is 5.32 Å². The molecule has 16 heteroatoms. The Kier molecular flexibility index (Phi) is 61.7. The number of urea groups is 1. The Hall–Kier alpha value is -3.95. The largest absolute Gasteiger partial charge is 0.465 e. The lowest BCUT2D eigenvalue weighted by atomic mass is 10.1. The van der Waals surface area contributed by atoms with Crippen LogP contribution in [-0.2, 0) is 57.2 Å². The van der Waals surface area contributed by atoms with Crippen LogP contribution in [0.15, 0.2) is 0 Å². The van der Waals surface area contributed by atoms with Gasteiger partial charge >= 0.3 is 41.8 Å². The molecule has 0 atom stereocenters. The Morgan fingerprint density at radius 3 is 0.773 bits per heavy atom. The molecule has 0 radical (unpaired) electrons. The molecule has 16 nitrogen and oxygen atoms in total. The smallest absolute Gasteiger partial charge is 0.317 e. The molecule has 88 heavy (non-hydrogen) atoms. The minimum atomic E-state index is -0.624. The van der Waals surface area contributed by atoms with Gasteiger partial charge in [0, 0.05) is 44.1 Å². The van der Waals surface area contributed by atoms with Crippen LogP contribution in [0.4, 0.5) is 4.79 Å². The highest BCUT2D eigenvalue weighted by molar-refractivity contribution is 5.75. The molecule has 0 aromatic carbocycles. The van der Waals surface area contributed by atoms with Crippen LogP contribution in [-0.4, -0.2) is 132 Å². The molecule has 0 heterocycles. The third kappa shape index (κ3) is 59.7. The molecule has 0 aliphatic heterocycles. The first-order valence-electron chi connectivity index (χ1n) is 36.5. The molecule has 0 saturated carbocycles. The van der Waals surface area contributed by atoms with Crippen LogP contribution in [0.2, 0.25) is 0 Å². The molecule has 0 fully saturated rings. The molecule has 0 spiro atoms. The van der Waals surface area contributed by atoms with E-state index in [1.807, 2.05) is 19.0 Å². The summed E-state index contributed by atoms with van der Waals surface area (Å²) >= 11 is 0. The summed E-state index contributed by atoms with van der Waals surface area (Å²) in [6.45, 7) is 9.27. The number of amides is 2. The Labute approximate surface area is 538 Å². The lowest BCUT2D eigenvalue weighted by molar-refractivity contribution is -0.155. The van der Waals surface area contributed by atoms with E-state index in [-0.39, 0.29) is 115 Å². The Bertz CT molecular complexity index is 1480. The summed E-state index contributed by atoms with van der Waals surface area (Å²) in [4.78, 5) is 95.3. The first kappa shape index (κ1) is 84.0. The van der Waals surface area contributed by atoms with Gasteiger partial charge in [0.25, 0.3) is 0 Å². The van der Waals surface area contributed by atoms with Gasteiger partial charge in [0.15, 0.2) is 0 Å². The number of hydrogen-bond acceptors (Lipinski definition) is 14. The van der Waals surface area contributed by atoms with E-state index in [1.165, 1.54) is 159 Å². The highest BCUT2D eigenvalue weighted by Gasteiger charge is 2.23. The van der Waals surface area contributed by atoms with Crippen molar-refractivity contribution in [2.24, 2.45) is 11.8 Å². The van der Waals surface area contributed by atoms with E-state index in [0.717, 1.165) is 109 Å². The molecule has 516 valence electrons. The second-order valence-corrected chi connectivity index (χ2v) is 25.4. The second kappa shape index (κ2) is 64.6. The number of hydrogen-bond donors (Lipinski definition) is 1. The van der Waals surface area contributed by atoms with Gasteiger partial charge in [0.1, 0.15) is 13.2 Å². The predicted octanol–water partition coefficient (Wildman–Crippen LogP) is 17.5. The van der Waals surface area contributed by atoms with Crippen LogP contribution in [0.3, 0.4) is 0 Å². The first-order chi connectivity index (χ1) is 42.8. The summed E-state index contributed by atoms with van der Waals surface area (Å²) in [7, 11) is 3.90. The summed E-state index contributed by atoms with van der Waals surface area (Å²) in [5.74, 6) is -3.85. The Morgan fingerprint density at radius 2 is 0.534 bits per heavy atom. The summed E-state index contributed by atoms with van der Waals surface area (Å²) in [6, 6.07) is -0.422. The average Bonchev–Trinajstić information content (AvgIpc) is 3.53. The number of esters is 6. The number of rotatable bonds is 66. The first-order valence-corrected chi connectivity index (χ1v) is 36.5. The van der Waals surface area contributed by atoms with Gasteiger partial charge in [-0.1, -0.05) is 259 Å². The monoisotopic (exact) mass is 1250 g/mol. The van der Waals surface area contributed by atoms with Crippen LogP contribution >= 0.6 is 0 Å². The second-order valence-electron chi connectivity index (χ2n) is 25.4. The molecule has 1 N–H and O–H groups in total. The van der Waals surface area contributed by atoms with Crippen molar-refractivity contribution in [2.45, 2.75) is 329 Å². The number of nitrogens with one attached hydrogen (secondary N) is 1. The van der Waals surface area contributed by atoms with Gasteiger partial charge in [-0.25, -0.2) is 4.79 Å². The normalized spacial score (nSPS) is 11.3. The van der Waals surface area contributed by atoms with E-state index in [9.17, 15) is 33.6 Å². The van der Waals surface area contributed by atoms with E-state index in [1.54, 1.807) is 0 Å². The van der Waals surface area contributed by atoms with Crippen molar-refractivity contribution in [3.05, 3.63) is 0 Å². The van der Waals surface area contributed by atoms with Crippen molar-refractivity contribution in [3.8, 4) is 0 Å². The number of ether oxygens (including phenoxy) is 6. The van der Waals surface area contributed by atoms with E-state index in [2.05, 4.69) is 33.0 Å². The van der Waals surface area contributed by atoms with Gasteiger partial charge in [0.2, 0.25) is 0 Å². The zero-order chi connectivity index (χ0) is 64.6. The molecule has 0 aliphatic carbocycles. The predicted molar refractivity (Wildman–Crippen MR) is 356 cm³/mol. The van der Waals surface area contributed by atoms with Gasteiger partial charge in [-0.3, -0.25) is 28.8 Å².